The van der Waals surface area contributed by atoms with Crippen LogP contribution in [-0.4, -0.2) is 15.5 Å². The number of hydrogen-bond acceptors (Lipinski definition) is 2. The van der Waals surface area contributed by atoms with E-state index in [0.29, 0.717) is 0 Å². The highest BCUT2D eigenvalue weighted by Crippen LogP contribution is 2.37. The molecule has 0 saturated heterocycles. The standard InChI is InChI=1S/C26H20N4/c1-5-13-21(14-6-1)25-27-28-29-30(25)26(22-15-7-2-8-16-22,23-17-9-3-10-18-23)24-19-11-4-12-20-24/h1-20H/p+1. The van der Waals surface area contributed by atoms with Crippen molar-refractivity contribution in [2.24, 2.45) is 0 Å². The zero-order valence-electron chi connectivity index (χ0n) is 16.4. The first-order chi connectivity index (χ1) is 14.9. The van der Waals surface area contributed by atoms with Gasteiger partial charge in [0.1, 0.15) is 5.10 Å². The molecular formula is C26H21N4+. The van der Waals surface area contributed by atoms with Gasteiger partial charge in [-0.05, 0) is 12.1 Å². The zero-order chi connectivity index (χ0) is 20.2. The minimum absolute atomic E-state index is 0.668. The highest BCUT2D eigenvalue weighted by Gasteiger charge is 2.45. The van der Waals surface area contributed by atoms with Crippen LogP contribution in [0.4, 0.5) is 0 Å². The van der Waals surface area contributed by atoms with Gasteiger partial charge in [-0.25, -0.2) is 0 Å². The lowest BCUT2D eigenvalue weighted by Crippen LogP contribution is -2.61. The number of nitrogens with one attached hydrogen (secondary N) is 1. The molecule has 0 bridgehead atoms. The molecule has 0 spiro atoms. The van der Waals surface area contributed by atoms with E-state index in [1.54, 1.807) is 0 Å². The van der Waals surface area contributed by atoms with Crippen LogP contribution in [0.15, 0.2) is 121 Å². The molecule has 1 aromatic heterocycles. The average Bonchev–Trinajstić information content (AvgIpc) is 3.33. The summed E-state index contributed by atoms with van der Waals surface area (Å²) >= 11 is 0. The smallest absolute Gasteiger partial charge is 0.138 e. The van der Waals surface area contributed by atoms with Gasteiger partial charge in [0, 0.05) is 16.7 Å². The van der Waals surface area contributed by atoms with Crippen LogP contribution < -0.4 is 4.68 Å². The van der Waals surface area contributed by atoms with Crippen LogP contribution in [0.5, 0.6) is 0 Å². The number of benzene rings is 4. The Morgan fingerprint density at radius 3 is 1.37 bits per heavy atom. The van der Waals surface area contributed by atoms with Gasteiger partial charge in [0.05, 0.1) is 5.56 Å². The second kappa shape index (κ2) is 7.76. The zero-order valence-corrected chi connectivity index (χ0v) is 16.4. The second-order valence-electron chi connectivity index (χ2n) is 7.13. The summed E-state index contributed by atoms with van der Waals surface area (Å²) in [5.41, 5.74) is 3.69. The van der Waals surface area contributed by atoms with Crippen LogP contribution in [0.2, 0.25) is 0 Å². The van der Waals surface area contributed by atoms with E-state index in [1.807, 2.05) is 36.4 Å². The van der Waals surface area contributed by atoms with Crippen molar-refractivity contribution in [3.63, 3.8) is 0 Å². The fraction of sp³-hybridized carbons (Fsp3) is 0.0385. The SMILES string of the molecule is c1ccc(-c2nn[nH][n+]2C(c2ccccc2)(c2ccccc2)c2ccccc2)cc1. The summed E-state index contributed by atoms with van der Waals surface area (Å²) in [4.78, 5) is 0. The number of hydrogen-bond donors (Lipinski definition) is 1. The van der Waals surface area contributed by atoms with Gasteiger partial charge >= 0.3 is 5.82 Å². The number of tetrazole rings is 1. The molecule has 4 nitrogen and oxygen atoms in total. The summed E-state index contributed by atoms with van der Waals surface area (Å²) in [6.07, 6.45) is 0. The van der Waals surface area contributed by atoms with E-state index in [9.17, 15) is 0 Å². The minimum Gasteiger partial charge on any atom is -0.138 e. The minimum atomic E-state index is -0.668. The van der Waals surface area contributed by atoms with E-state index in [4.69, 9.17) is 0 Å². The van der Waals surface area contributed by atoms with Crippen LogP contribution in [0.25, 0.3) is 11.4 Å². The van der Waals surface area contributed by atoms with Crippen molar-refractivity contribution in [1.82, 2.24) is 15.5 Å². The molecule has 5 aromatic rings. The Morgan fingerprint density at radius 1 is 0.533 bits per heavy atom. The maximum Gasteiger partial charge on any atom is 0.333 e. The van der Waals surface area contributed by atoms with E-state index >= 15 is 0 Å². The number of rotatable bonds is 5. The third kappa shape index (κ3) is 2.90. The van der Waals surface area contributed by atoms with Crippen LogP contribution in [-0.2, 0) is 5.54 Å². The lowest BCUT2D eigenvalue weighted by atomic mass is 9.77. The van der Waals surface area contributed by atoms with E-state index in [1.165, 1.54) is 0 Å². The summed E-state index contributed by atoms with van der Waals surface area (Å²) in [6, 6.07) is 41.6. The number of aromatic nitrogens is 4. The molecule has 1 N–H and O–H groups in total. The summed E-state index contributed by atoms with van der Waals surface area (Å²) in [7, 11) is 0. The maximum atomic E-state index is 4.49. The number of H-pyrrole nitrogens is 1. The van der Waals surface area contributed by atoms with Crippen molar-refractivity contribution in [3.8, 4) is 11.4 Å². The monoisotopic (exact) mass is 389 g/mol. The van der Waals surface area contributed by atoms with Gasteiger partial charge in [-0.3, -0.25) is 0 Å². The van der Waals surface area contributed by atoms with Crippen LogP contribution in [0, 0.1) is 0 Å². The Bertz CT molecular complexity index is 1120. The molecule has 5 rings (SSSR count). The van der Waals surface area contributed by atoms with Crippen LogP contribution >= 0.6 is 0 Å². The molecule has 4 heteroatoms. The molecule has 0 aliphatic heterocycles. The summed E-state index contributed by atoms with van der Waals surface area (Å²) in [6.45, 7) is 0. The Morgan fingerprint density at radius 2 is 0.933 bits per heavy atom. The van der Waals surface area contributed by atoms with Crippen molar-refractivity contribution >= 4 is 0 Å². The molecule has 144 valence electrons. The quantitative estimate of drug-likeness (QED) is 0.353. The Labute approximate surface area is 175 Å². The molecule has 4 aromatic carbocycles. The second-order valence-corrected chi connectivity index (χ2v) is 7.13. The average molecular weight is 389 g/mol. The van der Waals surface area contributed by atoms with E-state index in [-0.39, 0.29) is 0 Å². The molecule has 0 amide bonds. The van der Waals surface area contributed by atoms with Gasteiger partial charge in [0.2, 0.25) is 0 Å². The third-order valence-corrected chi connectivity index (χ3v) is 5.44. The van der Waals surface area contributed by atoms with Crippen molar-refractivity contribution < 1.29 is 4.68 Å². The summed E-state index contributed by atoms with van der Waals surface area (Å²) in [5.74, 6) is 0.771. The van der Waals surface area contributed by atoms with Crippen LogP contribution in [0.1, 0.15) is 16.7 Å². The van der Waals surface area contributed by atoms with E-state index in [2.05, 4.69) is 105 Å². The van der Waals surface area contributed by atoms with Gasteiger partial charge in [0.25, 0.3) is 0 Å². The van der Waals surface area contributed by atoms with Gasteiger partial charge < -0.3 is 0 Å². The van der Waals surface area contributed by atoms with Crippen molar-refractivity contribution in [1.29, 1.82) is 0 Å². The van der Waals surface area contributed by atoms with E-state index < -0.39 is 5.54 Å². The lowest BCUT2D eigenvalue weighted by Gasteiger charge is -2.33. The van der Waals surface area contributed by atoms with Crippen molar-refractivity contribution in [2.75, 3.05) is 0 Å². The molecule has 0 atom stereocenters. The summed E-state index contributed by atoms with van der Waals surface area (Å²) < 4.78 is 2.07. The first kappa shape index (κ1) is 18.0. The van der Waals surface area contributed by atoms with Crippen LogP contribution in [0.3, 0.4) is 0 Å². The van der Waals surface area contributed by atoms with E-state index in [0.717, 1.165) is 28.1 Å². The lowest BCUT2D eigenvalue weighted by molar-refractivity contribution is -0.779. The van der Waals surface area contributed by atoms with Gasteiger partial charge in [-0.15, -0.1) is 4.68 Å². The fourth-order valence-electron chi connectivity index (χ4n) is 4.14. The van der Waals surface area contributed by atoms with Crippen molar-refractivity contribution in [2.45, 2.75) is 5.54 Å². The highest BCUT2D eigenvalue weighted by atomic mass is 15.6. The Hall–Kier alpha value is -4.05. The Kier molecular flexibility index (Phi) is 4.66. The molecule has 0 unspecified atom stereocenters. The van der Waals surface area contributed by atoms with Gasteiger partial charge in [-0.1, -0.05) is 114 Å². The predicted octanol–water partition coefficient (Wildman–Crippen LogP) is 4.60. The molecule has 0 fully saturated rings. The highest BCUT2D eigenvalue weighted by molar-refractivity contribution is 5.53. The largest absolute Gasteiger partial charge is 0.333 e. The van der Waals surface area contributed by atoms with Crippen molar-refractivity contribution in [3.05, 3.63) is 138 Å². The van der Waals surface area contributed by atoms with Gasteiger partial charge in [-0.2, -0.15) is 0 Å². The number of aromatic amines is 1. The topological polar surface area (TPSA) is 45.5 Å². The molecule has 0 saturated carbocycles. The maximum absolute atomic E-state index is 4.49. The molecule has 0 radical (unpaired) electrons. The molecule has 0 aliphatic carbocycles. The molecule has 0 aliphatic rings. The summed E-state index contributed by atoms with van der Waals surface area (Å²) in [5, 5.41) is 11.9. The normalized spacial score (nSPS) is 11.3. The first-order valence-corrected chi connectivity index (χ1v) is 9.96. The first-order valence-electron chi connectivity index (χ1n) is 9.96. The number of nitrogens with zero attached hydrogens (tertiary/aromatic N) is 3. The van der Waals surface area contributed by atoms with Gasteiger partial charge in [0.15, 0.2) is 10.8 Å². The fourth-order valence-corrected chi connectivity index (χ4v) is 4.14. The molecule has 30 heavy (non-hydrogen) atoms. The Balaban J connectivity index is 1.91. The predicted molar refractivity (Wildman–Crippen MR) is 117 cm³/mol. The molecular weight excluding hydrogens is 368 g/mol. The third-order valence-electron chi connectivity index (χ3n) is 5.44. The molecule has 1 heterocycles.